The van der Waals surface area contributed by atoms with Crippen LogP contribution in [0.4, 0.5) is 0 Å². The van der Waals surface area contributed by atoms with E-state index in [1.807, 2.05) is 27.7 Å². The summed E-state index contributed by atoms with van der Waals surface area (Å²) in [6.07, 6.45) is 0. The average Bonchev–Trinajstić information content (AvgIpc) is 2.66. The van der Waals surface area contributed by atoms with Gasteiger partial charge in [-0.15, -0.1) is 11.3 Å². The lowest BCUT2D eigenvalue weighted by molar-refractivity contribution is 0.00578. The van der Waals surface area contributed by atoms with Crippen LogP contribution in [-0.4, -0.2) is 24.2 Å². The standard InChI is InChI=1S/C11H15BClNO3S/c1-10(2)11(3,4)17-12(16-10)6-5-7(9(14)15)18-8(6)13/h5H,1-4H3,(H2,14,15). The van der Waals surface area contributed by atoms with Crippen molar-refractivity contribution in [1.82, 2.24) is 0 Å². The third kappa shape index (κ3) is 2.18. The minimum Gasteiger partial charge on any atom is -0.399 e. The fourth-order valence-corrected chi connectivity index (χ4v) is 2.78. The smallest absolute Gasteiger partial charge is 0.399 e. The lowest BCUT2D eigenvalue weighted by Crippen LogP contribution is -2.41. The molecule has 0 radical (unpaired) electrons. The van der Waals surface area contributed by atoms with E-state index < -0.39 is 24.2 Å². The van der Waals surface area contributed by atoms with Crippen molar-refractivity contribution >= 4 is 41.4 Å². The van der Waals surface area contributed by atoms with Gasteiger partial charge in [0, 0.05) is 5.46 Å². The lowest BCUT2D eigenvalue weighted by atomic mass is 9.81. The van der Waals surface area contributed by atoms with Crippen molar-refractivity contribution in [3.63, 3.8) is 0 Å². The molecule has 1 amide bonds. The molecule has 1 aliphatic heterocycles. The van der Waals surface area contributed by atoms with Gasteiger partial charge in [0.05, 0.1) is 20.4 Å². The summed E-state index contributed by atoms with van der Waals surface area (Å²) in [4.78, 5) is 11.5. The summed E-state index contributed by atoms with van der Waals surface area (Å²) in [5, 5.41) is 0. The van der Waals surface area contributed by atoms with Crippen molar-refractivity contribution < 1.29 is 14.1 Å². The normalized spacial score (nSPS) is 21.3. The summed E-state index contributed by atoms with van der Waals surface area (Å²) in [6, 6.07) is 1.64. The number of hydrogen-bond donors (Lipinski definition) is 1. The summed E-state index contributed by atoms with van der Waals surface area (Å²) in [6.45, 7) is 7.84. The number of halogens is 1. The van der Waals surface area contributed by atoms with Crippen LogP contribution in [0, 0.1) is 0 Å². The number of amides is 1. The summed E-state index contributed by atoms with van der Waals surface area (Å²) < 4.78 is 12.2. The molecule has 18 heavy (non-hydrogen) atoms. The molecule has 1 aliphatic rings. The highest BCUT2D eigenvalue weighted by molar-refractivity contribution is 7.19. The van der Waals surface area contributed by atoms with Gasteiger partial charge in [-0.05, 0) is 33.8 Å². The third-order valence-corrected chi connectivity index (χ3v) is 4.87. The van der Waals surface area contributed by atoms with Crippen LogP contribution in [-0.2, 0) is 9.31 Å². The maximum atomic E-state index is 11.1. The molecule has 1 saturated heterocycles. The molecule has 2 rings (SSSR count). The molecular weight excluding hydrogens is 272 g/mol. The first-order chi connectivity index (χ1) is 8.14. The van der Waals surface area contributed by atoms with Crippen molar-refractivity contribution in [3.8, 4) is 0 Å². The highest BCUT2D eigenvalue weighted by Crippen LogP contribution is 2.37. The predicted octanol–water partition coefficient (Wildman–Crippen LogP) is 1.80. The Kier molecular flexibility index (Phi) is 3.26. The number of hydrogen-bond acceptors (Lipinski definition) is 4. The van der Waals surface area contributed by atoms with Gasteiger partial charge in [0.2, 0.25) is 0 Å². The van der Waals surface area contributed by atoms with E-state index in [1.54, 1.807) is 6.07 Å². The molecule has 0 aliphatic carbocycles. The van der Waals surface area contributed by atoms with Gasteiger partial charge in [-0.1, -0.05) is 11.6 Å². The SMILES string of the molecule is CC1(C)OB(c2cc(C(N)=O)sc2Cl)OC1(C)C. The first-order valence-corrected chi connectivity index (χ1v) is 6.78. The van der Waals surface area contributed by atoms with Crippen LogP contribution in [0.5, 0.6) is 0 Å². The van der Waals surface area contributed by atoms with Crippen molar-refractivity contribution in [2.75, 3.05) is 0 Å². The molecule has 1 fully saturated rings. The van der Waals surface area contributed by atoms with Gasteiger partial charge in [0.25, 0.3) is 5.91 Å². The van der Waals surface area contributed by atoms with Crippen LogP contribution >= 0.6 is 22.9 Å². The summed E-state index contributed by atoms with van der Waals surface area (Å²) in [5.41, 5.74) is 5.02. The van der Waals surface area contributed by atoms with Crippen LogP contribution in [0.25, 0.3) is 0 Å². The molecule has 0 unspecified atom stereocenters. The van der Waals surface area contributed by atoms with Crippen molar-refractivity contribution in [2.45, 2.75) is 38.9 Å². The summed E-state index contributed by atoms with van der Waals surface area (Å²) in [7, 11) is -0.563. The molecule has 7 heteroatoms. The van der Waals surface area contributed by atoms with Gasteiger partial charge in [-0.25, -0.2) is 0 Å². The van der Waals surface area contributed by atoms with Gasteiger partial charge >= 0.3 is 7.12 Å². The average molecular weight is 288 g/mol. The number of carbonyl (C=O) groups is 1. The highest BCUT2D eigenvalue weighted by atomic mass is 35.5. The second-order valence-electron chi connectivity index (χ2n) is 5.29. The van der Waals surface area contributed by atoms with E-state index in [0.29, 0.717) is 14.7 Å². The first-order valence-electron chi connectivity index (χ1n) is 5.59. The third-order valence-electron chi connectivity index (χ3n) is 3.46. The monoisotopic (exact) mass is 287 g/mol. The number of nitrogens with two attached hydrogens (primary N) is 1. The molecular formula is C11H15BClNO3S. The molecule has 0 saturated carbocycles. The molecule has 0 bridgehead atoms. The Morgan fingerprint density at radius 1 is 1.33 bits per heavy atom. The topological polar surface area (TPSA) is 61.5 Å². The Labute approximate surface area is 116 Å². The van der Waals surface area contributed by atoms with E-state index in [-0.39, 0.29) is 0 Å². The quantitative estimate of drug-likeness (QED) is 0.844. The van der Waals surface area contributed by atoms with Crippen molar-refractivity contribution in [1.29, 1.82) is 0 Å². The largest absolute Gasteiger partial charge is 0.497 e. The number of thiophene rings is 1. The van der Waals surface area contributed by atoms with Gasteiger partial charge in [0.1, 0.15) is 0 Å². The van der Waals surface area contributed by atoms with E-state index in [9.17, 15) is 4.79 Å². The van der Waals surface area contributed by atoms with Gasteiger partial charge < -0.3 is 15.0 Å². The second kappa shape index (κ2) is 4.23. The molecule has 98 valence electrons. The van der Waals surface area contributed by atoms with Crippen molar-refractivity contribution in [2.24, 2.45) is 5.73 Å². The molecule has 4 nitrogen and oxygen atoms in total. The van der Waals surface area contributed by atoms with Crippen LogP contribution in [0.1, 0.15) is 37.4 Å². The van der Waals surface area contributed by atoms with E-state index in [1.165, 1.54) is 0 Å². The minimum atomic E-state index is -0.563. The molecule has 2 heterocycles. The number of rotatable bonds is 2. The Morgan fingerprint density at radius 2 is 1.83 bits per heavy atom. The maximum absolute atomic E-state index is 11.1. The lowest BCUT2D eigenvalue weighted by Gasteiger charge is -2.32. The molecule has 2 N–H and O–H groups in total. The number of primary amides is 1. The van der Waals surface area contributed by atoms with E-state index >= 15 is 0 Å². The summed E-state index contributed by atoms with van der Waals surface area (Å²) >= 11 is 7.25. The fraction of sp³-hybridized carbons (Fsp3) is 0.545. The van der Waals surface area contributed by atoms with E-state index in [4.69, 9.17) is 26.6 Å². The molecule has 0 aromatic carbocycles. The molecule has 1 aromatic heterocycles. The fourth-order valence-electron chi connectivity index (χ4n) is 1.64. The Morgan fingerprint density at radius 3 is 2.22 bits per heavy atom. The molecule has 1 aromatic rings. The van der Waals surface area contributed by atoms with Crippen molar-refractivity contribution in [3.05, 3.63) is 15.3 Å². The predicted molar refractivity (Wildman–Crippen MR) is 73.6 cm³/mol. The van der Waals surface area contributed by atoms with Crippen LogP contribution in [0.3, 0.4) is 0 Å². The van der Waals surface area contributed by atoms with Crippen LogP contribution in [0.2, 0.25) is 4.34 Å². The Bertz CT molecular complexity index is 484. The summed E-state index contributed by atoms with van der Waals surface area (Å²) in [5.74, 6) is -0.496. The zero-order valence-corrected chi connectivity index (χ0v) is 12.3. The van der Waals surface area contributed by atoms with Gasteiger partial charge in [-0.2, -0.15) is 0 Å². The Balaban J connectivity index is 2.32. The maximum Gasteiger partial charge on any atom is 0.497 e. The van der Waals surface area contributed by atoms with E-state index in [2.05, 4.69) is 0 Å². The molecule has 0 atom stereocenters. The Hall–Kier alpha value is -0.555. The van der Waals surface area contributed by atoms with Crippen LogP contribution in [0.15, 0.2) is 6.07 Å². The van der Waals surface area contributed by atoms with E-state index in [0.717, 1.165) is 11.3 Å². The minimum absolute atomic E-state index is 0.407. The first kappa shape index (κ1) is 13.9. The van der Waals surface area contributed by atoms with Gasteiger partial charge in [-0.3, -0.25) is 4.79 Å². The zero-order chi connectivity index (χ0) is 13.7. The second-order valence-corrected chi connectivity index (χ2v) is 6.95. The molecule has 0 spiro atoms. The van der Waals surface area contributed by atoms with Crippen LogP contribution < -0.4 is 11.2 Å². The zero-order valence-electron chi connectivity index (χ0n) is 10.7. The van der Waals surface area contributed by atoms with Gasteiger partial charge in [0.15, 0.2) is 0 Å². The highest BCUT2D eigenvalue weighted by Gasteiger charge is 2.52. The number of carbonyl (C=O) groups excluding carboxylic acids is 1.